The van der Waals surface area contributed by atoms with Crippen molar-refractivity contribution in [2.45, 2.75) is 88.8 Å². The third-order valence-electron chi connectivity index (χ3n) is 7.87. The molecule has 4 fully saturated rings. The van der Waals surface area contributed by atoms with Gasteiger partial charge in [0, 0.05) is 18.0 Å². The fraction of sp³-hybridized carbons (Fsp3) is 0.900. The number of carboxylic acids is 1. The van der Waals surface area contributed by atoms with Crippen LogP contribution in [-0.2, 0) is 4.79 Å². The number of nitrogens with two attached hydrogens (primary N) is 1. The predicted molar refractivity (Wildman–Crippen MR) is 97.5 cm³/mol. The van der Waals surface area contributed by atoms with Crippen molar-refractivity contribution >= 4 is 11.8 Å². The number of fused-ring (bicyclic) bond motifs is 2. The van der Waals surface area contributed by atoms with Crippen LogP contribution in [0.25, 0.3) is 0 Å². The van der Waals surface area contributed by atoms with Gasteiger partial charge in [-0.15, -0.1) is 0 Å². The minimum Gasteiger partial charge on any atom is -0.480 e. The maximum absolute atomic E-state index is 12.1. The highest BCUT2D eigenvalue weighted by Crippen LogP contribution is 2.49. The molecular weight excluding hydrogens is 314 g/mol. The molecule has 0 aromatic heterocycles. The third-order valence-corrected chi connectivity index (χ3v) is 7.87. The molecule has 1 heterocycles. The van der Waals surface area contributed by atoms with Gasteiger partial charge < -0.3 is 10.8 Å². The second-order valence-electron chi connectivity index (χ2n) is 9.04. The van der Waals surface area contributed by atoms with Crippen molar-refractivity contribution in [1.82, 2.24) is 4.90 Å². The maximum atomic E-state index is 12.1. The van der Waals surface area contributed by atoms with E-state index in [9.17, 15) is 9.90 Å². The Morgan fingerprint density at radius 2 is 1.68 bits per heavy atom. The van der Waals surface area contributed by atoms with Gasteiger partial charge >= 0.3 is 5.97 Å². The molecule has 25 heavy (non-hydrogen) atoms. The molecule has 7 atom stereocenters. The maximum Gasteiger partial charge on any atom is 0.320 e. The minimum absolute atomic E-state index is 0.155. The van der Waals surface area contributed by atoms with Gasteiger partial charge in [0.05, 0.1) is 5.84 Å². The quantitative estimate of drug-likeness (QED) is 0.540. The first-order valence-corrected chi connectivity index (χ1v) is 10.4. The number of nitrogens with one attached hydrogen (secondary N) is 1. The molecule has 4 rings (SSSR count). The number of hydrogen-bond acceptors (Lipinski definition) is 3. The van der Waals surface area contributed by atoms with E-state index in [1.165, 1.54) is 44.9 Å². The molecule has 0 spiro atoms. The Bertz CT molecular complexity index is 535. The Labute approximate surface area is 150 Å². The summed E-state index contributed by atoms with van der Waals surface area (Å²) in [5, 5.41) is 17.8. The average Bonchev–Trinajstić information content (AvgIpc) is 3.00. The second kappa shape index (κ2) is 6.90. The zero-order valence-corrected chi connectivity index (χ0v) is 15.2. The molecule has 3 saturated carbocycles. The van der Waals surface area contributed by atoms with Crippen LogP contribution in [0.3, 0.4) is 0 Å². The topological polar surface area (TPSA) is 90.4 Å². The normalized spacial score (nSPS) is 44.7. The molecule has 0 amide bonds. The van der Waals surface area contributed by atoms with Crippen molar-refractivity contribution in [3.63, 3.8) is 0 Å². The highest BCUT2D eigenvalue weighted by Gasteiger charge is 2.52. The van der Waals surface area contributed by atoms with Crippen LogP contribution >= 0.6 is 0 Å². The van der Waals surface area contributed by atoms with E-state index in [1.54, 1.807) is 0 Å². The molecule has 5 nitrogen and oxygen atoms in total. The van der Waals surface area contributed by atoms with E-state index in [2.05, 4.69) is 4.90 Å². The van der Waals surface area contributed by atoms with Gasteiger partial charge in [-0.1, -0.05) is 32.1 Å². The summed E-state index contributed by atoms with van der Waals surface area (Å²) >= 11 is 0. The lowest BCUT2D eigenvalue weighted by molar-refractivity contribution is -0.145. The largest absolute Gasteiger partial charge is 0.480 e. The van der Waals surface area contributed by atoms with E-state index in [-0.39, 0.29) is 12.0 Å². The Hall–Kier alpha value is -1.10. The number of amidine groups is 1. The smallest absolute Gasteiger partial charge is 0.320 e. The van der Waals surface area contributed by atoms with Gasteiger partial charge in [0.2, 0.25) is 0 Å². The average molecular weight is 348 g/mol. The Morgan fingerprint density at radius 1 is 0.920 bits per heavy atom. The van der Waals surface area contributed by atoms with E-state index < -0.39 is 5.97 Å². The fourth-order valence-corrected chi connectivity index (χ4v) is 6.75. The van der Waals surface area contributed by atoms with Crippen LogP contribution in [0.15, 0.2) is 0 Å². The van der Waals surface area contributed by atoms with Crippen molar-refractivity contribution in [2.75, 3.05) is 0 Å². The van der Waals surface area contributed by atoms with Crippen LogP contribution < -0.4 is 5.73 Å². The molecular formula is C20H33N3O2. The predicted octanol–water partition coefficient (Wildman–Crippen LogP) is 3.23. The Morgan fingerprint density at radius 3 is 2.44 bits per heavy atom. The number of hydrogen-bond donors (Lipinski definition) is 3. The van der Waals surface area contributed by atoms with E-state index in [4.69, 9.17) is 11.1 Å². The third kappa shape index (κ3) is 3.09. The number of aliphatic carboxylic acids is 1. The molecule has 140 valence electrons. The number of carbonyl (C=O) groups is 1. The first-order valence-electron chi connectivity index (χ1n) is 10.4. The van der Waals surface area contributed by atoms with Gasteiger partial charge in [-0.3, -0.25) is 15.1 Å². The van der Waals surface area contributed by atoms with E-state index in [0.29, 0.717) is 29.8 Å². The highest BCUT2D eigenvalue weighted by molar-refractivity contribution is 5.80. The molecule has 1 saturated heterocycles. The molecule has 3 aliphatic carbocycles. The summed E-state index contributed by atoms with van der Waals surface area (Å²) < 4.78 is 0. The van der Waals surface area contributed by atoms with Crippen molar-refractivity contribution in [1.29, 1.82) is 5.41 Å². The summed E-state index contributed by atoms with van der Waals surface area (Å²) in [5.74, 6) is 1.82. The molecule has 4 aliphatic rings. The zero-order chi connectivity index (χ0) is 17.6. The first kappa shape index (κ1) is 17.3. The summed E-state index contributed by atoms with van der Waals surface area (Å²) in [5.41, 5.74) is 5.82. The molecule has 0 aromatic carbocycles. The van der Waals surface area contributed by atoms with Gasteiger partial charge in [0.1, 0.15) is 6.04 Å². The van der Waals surface area contributed by atoms with Crippen molar-refractivity contribution in [2.24, 2.45) is 29.4 Å². The van der Waals surface area contributed by atoms with Gasteiger partial charge in [-0.05, 0) is 56.3 Å². The van der Waals surface area contributed by atoms with Crippen LogP contribution in [0.4, 0.5) is 0 Å². The molecule has 0 bridgehead atoms. The monoisotopic (exact) mass is 347 g/mol. The van der Waals surface area contributed by atoms with Crippen molar-refractivity contribution < 1.29 is 9.90 Å². The number of rotatable bonds is 3. The SMILES string of the molecule is N=C(N)C1CCC2CC(C(=O)O)N(C3CCCC4CCCCC43)C2C1. The molecule has 1 aliphatic heterocycles. The minimum atomic E-state index is -0.633. The highest BCUT2D eigenvalue weighted by atomic mass is 16.4. The molecule has 0 aromatic rings. The standard InChI is InChI=1S/C20H33N3O2/c21-19(22)14-9-8-13-10-18(20(24)25)23(17(13)11-14)16-7-3-5-12-4-1-2-6-15(12)16/h12-18H,1-11H2,(H3,21,22)(H,24,25). The number of nitrogens with zero attached hydrogens (tertiary/aromatic N) is 1. The Kier molecular flexibility index (Phi) is 4.78. The van der Waals surface area contributed by atoms with Gasteiger partial charge in [0.25, 0.3) is 0 Å². The van der Waals surface area contributed by atoms with E-state index in [1.807, 2.05) is 0 Å². The lowest BCUT2D eigenvalue weighted by Gasteiger charge is -2.49. The molecule has 7 unspecified atom stereocenters. The van der Waals surface area contributed by atoms with E-state index >= 15 is 0 Å². The van der Waals surface area contributed by atoms with Gasteiger partial charge in [-0.2, -0.15) is 0 Å². The van der Waals surface area contributed by atoms with E-state index in [0.717, 1.165) is 31.6 Å². The lowest BCUT2D eigenvalue weighted by Crippen LogP contribution is -2.55. The first-order chi connectivity index (χ1) is 12.1. The summed E-state index contributed by atoms with van der Waals surface area (Å²) in [7, 11) is 0. The van der Waals surface area contributed by atoms with Crippen LogP contribution in [-0.4, -0.2) is 39.9 Å². The zero-order valence-electron chi connectivity index (χ0n) is 15.2. The van der Waals surface area contributed by atoms with Crippen molar-refractivity contribution in [3.05, 3.63) is 0 Å². The second-order valence-corrected chi connectivity index (χ2v) is 9.04. The summed E-state index contributed by atoms with van der Waals surface area (Å²) in [4.78, 5) is 14.5. The van der Waals surface area contributed by atoms with Gasteiger partial charge in [-0.25, -0.2) is 0 Å². The van der Waals surface area contributed by atoms with Gasteiger partial charge in [0.15, 0.2) is 0 Å². The summed E-state index contributed by atoms with van der Waals surface area (Å²) in [6, 6.07) is 0.460. The van der Waals surface area contributed by atoms with Crippen LogP contribution in [0.1, 0.15) is 70.6 Å². The van der Waals surface area contributed by atoms with Crippen LogP contribution in [0, 0.1) is 29.1 Å². The summed E-state index contributed by atoms with van der Waals surface area (Å²) in [6.45, 7) is 0. The van der Waals surface area contributed by atoms with Crippen LogP contribution in [0.5, 0.6) is 0 Å². The number of carboxylic acid groups (broad SMARTS) is 1. The Balaban J connectivity index is 1.61. The fourth-order valence-electron chi connectivity index (χ4n) is 6.75. The molecule has 4 N–H and O–H groups in total. The molecule has 0 radical (unpaired) electrons. The van der Waals surface area contributed by atoms with Crippen molar-refractivity contribution in [3.8, 4) is 0 Å². The molecule has 5 heteroatoms. The summed E-state index contributed by atoms with van der Waals surface area (Å²) in [6.07, 6.45) is 12.8. The lowest BCUT2D eigenvalue weighted by atomic mass is 9.67. The number of likely N-dealkylation sites (tertiary alicyclic amines) is 1. The van der Waals surface area contributed by atoms with Crippen LogP contribution in [0.2, 0.25) is 0 Å².